The summed E-state index contributed by atoms with van der Waals surface area (Å²) in [6.45, 7) is 6.18. The number of rotatable bonds is 3. The predicted molar refractivity (Wildman–Crippen MR) is 88.3 cm³/mol. The van der Waals surface area contributed by atoms with E-state index in [-0.39, 0.29) is 12.0 Å². The van der Waals surface area contributed by atoms with Crippen molar-refractivity contribution in [3.8, 4) is 11.5 Å². The molecular formula is C18H24N2O4. The second kappa shape index (κ2) is 6.99. The molecule has 1 aromatic carbocycles. The van der Waals surface area contributed by atoms with Crippen molar-refractivity contribution in [1.29, 1.82) is 0 Å². The van der Waals surface area contributed by atoms with Gasteiger partial charge in [-0.05, 0) is 30.5 Å². The molecule has 3 aliphatic rings. The van der Waals surface area contributed by atoms with E-state index in [1.807, 2.05) is 11.0 Å². The minimum atomic E-state index is -0.200. The van der Waals surface area contributed by atoms with Crippen molar-refractivity contribution in [1.82, 2.24) is 9.80 Å². The number of amides is 1. The molecule has 0 spiro atoms. The van der Waals surface area contributed by atoms with Gasteiger partial charge in [-0.1, -0.05) is 6.07 Å². The van der Waals surface area contributed by atoms with Crippen molar-refractivity contribution in [3.05, 3.63) is 23.8 Å². The Bertz CT molecular complexity index is 593. The molecule has 0 radical (unpaired) electrons. The Hall–Kier alpha value is -1.79. The molecule has 4 rings (SSSR count). The maximum absolute atomic E-state index is 12.4. The van der Waals surface area contributed by atoms with Crippen LogP contribution in [0.15, 0.2) is 18.2 Å². The number of hydrogen-bond donors (Lipinski definition) is 0. The lowest BCUT2D eigenvalue weighted by molar-refractivity contribution is -0.142. The van der Waals surface area contributed by atoms with Gasteiger partial charge in [-0.15, -0.1) is 0 Å². The zero-order valence-corrected chi connectivity index (χ0v) is 13.9. The van der Waals surface area contributed by atoms with Crippen molar-refractivity contribution >= 4 is 5.91 Å². The first-order valence-corrected chi connectivity index (χ1v) is 8.81. The molecule has 0 N–H and O–H groups in total. The maximum Gasteiger partial charge on any atom is 0.251 e. The van der Waals surface area contributed by atoms with E-state index < -0.39 is 0 Å². The fraction of sp³-hybridized carbons (Fsp3) is 0.611. The van der Waals surface area contributed by atoms with Gasteiger partial charge in [0.2, 0.25) is 0 Å². The van der Waals surface area contributed by atoms with Gasteiger partial charge in [-0.2, -0.15) is 0 Å². The smallest absolute Gasteiger partial charge is 0.251 e. The SMILES string of the molecule is O=C(C1CCCO1)N1CCN(Cc2ccc3c(c2)OCCO3)CC1. The van der Waals surface area contributed by atoms with Gasteiger partial charge in [-0.3, -0.25) is 9.69 Å². The predicted octanol–water partition coefficient (Wildman–Crippen LogP) is 1.28. The van der Waals surface area contributed by atoms with Gasteiger partial charge < -0.3 is 19.1 Å². The summed E-state index contributed by atoms with van der Waals surface area (Å²) < 4.78 is 16.7. The fourth-order valence-corrected chi connectivity index (χ4v) is 3.55. The molecule has 1 atom stereocenters. The third kappa shape index (κ3) is 3.35. The van der Waals surface area contributed by atoms with Gasteiger partial charge in [0.15, 0.2) is 11.5 Å². The number of ether oxygens (including phenoxy) is 3. The molecule has 3 aliphatic heterocycles. The van der Waals surface area contributed by atoms with E-state index in [0.29, 0.717) is 13.2 Å². The minimum absolute atomic E-state index is 0.173. The highest BCUT2D eigenvalue weighted by Gasteiger charge is 2.30. The lowest BCUT2D eigenvalue weighted by atomic mass is 10.1. The van der Waals surface area contributed by atoms with E-state index >= 15 is 0 Å². The van der Waals surface area contributed by atoms with Crippen LogP contribution >= 0.6 is 0 Å². The monoisotopic (exact) mass is 332 g/mol. The molecule has 0 bridgehead atoms. The van der Waals surface area contributed by atoms with E-state index in [4.69, 9.17) is 14.2 Å². The summed E-state index contributed by atoms with van der Waals surface area (Å²) in [6.07, 6.45) is 1.67. The zero-order chi connectivity index (χ0) is 16.4. The summed E-state index contributed by atoms with van der Waals surface area (Å²) in [7, 11) is 0. The first-order chi connectivity index (χ1) is 11.8. The van der Waals surface area contributed by atoms with Crippen LogP contribution in [0.4, 0.5) is 0 Å². The summed E-state index contributed by atoms with van der Waals surface area (Å²) in [6, 6.07) is 6.15. The normalized spacial score (nSPS) is 24.2. The summed E-state index contributed by atoms with van der Waals surface area (Å²) in [4.78, 5) is 16.7. The average molecular weight is 332 g/mol. The van der Waals surface area contributed by atoms with Crippen molar-refractivity contribution in [2.24, 2.45) is 0 Å². The number of piperazine rings is 1. The van der Waals surface area contributed by atoms with Gasteiger partial charge in [0.1, 0.15) is 19.3 Å². The first kappa shape index (κ1) is 15.7. The van der Waals surface area contributed by atoms with Crippen LogP contribution in [0.3, 0.4) is 0 Å². The van der Waals surface area contributed by atoms with Crippen LogP contribution < -0.4 is 9.47 Å². The fourth-order valence-electron chi connectivity index (χ4n) is 3.55. The highest BCUT2D eigenvalue weighted by molar-refractivity contribution is 5.81. The van der Waals surface area contributed by atoms with Crippen LogP contribution in [0, 0.1) is 0 Å². The van der Waals surface area contributed by atoms with Crippen LogP contribution in [0.25, 0.3) is 0 Å². The molecule has 0 aromatic heterocycles. The summed E-state index contributed by atoms with van der Waals surface area (Å²) in [5.74, 6) is 1.84. The highest BCUT2D eigenvalue weighted by atomic mass is 16.6. The average Bonchev–Trinajstić information content (AvgIpc) is 3.16. The molecule has 3 heterocycles. The second-order valence-corrected chi connectivity index (χ2v) is 6.58. The topological polar surface area (TPSA) is 51.2 Å². The molecule has 130 valence electrons. The summed E-state index contributed by atoms with van der Waals surface area (Å²) in [5.41, 5.74) is 1.22. The number of nitrogens with zero attached hydrogens (tertiary/aromatic N) is 2. The third-order valence-corrected chi connectivity index (χ3v) is 4.90. The molecule has 0 saturated carbocycles. The lowest BCUT2D eigenvalue weighted by Crippen LogP contribution is -2.51. The van der Waals surface area contributed by atoms with Gasteiger partial charge in [0, 0.05) is 39.3 Å². The Morgan fingerprint density at radius 1 is 1.04 bits per heavy atom. The van der Waals surface area contributed by atoms with Crippen LogP contribution in [-0.4, -0.2) is 67.8 Å². The molecule has 6 nitrogen and oxygen atoms in total. The number of carbonyl (C=O) groups excluding carboxylic acids is 1. The van der Waals surface area contributed by atoms with Crippen LogP contribution in [0.2, 0.25) is 0 Å². The Kier molecular flexibility index (Phi) is 4.58. The molecule has 1 unspecified atom stereocenters. The highest BCUT2D eigenvalue weighted by Crippen LogP contribution is 2.31. The molecule has 1 amide bonds. The van der Waals surface area contributed by atoms with Crippen molar-refractivity contribution < 1.29 is 19.0 Å². The van der Waals surface area contributed by atoms with Crippen molar-refractivity contribution in [2.45, 2.75) is 25.5 Å². The van der Waals surface area contributed by atoms with E-state index in [0.717, 1.165) is 63.7 Å². The molecule has 6 heteroatoms. The molecule has 2 saturated heterocycles. The first-order valence-electron chi connectivity index (χ1n) is 8.81. The lowest BCUT2D eigenvalue weighted by Gasteiger charge is -2.35. The number of hydrogen-bond acceptors (Lipinski definition) is 5. The largest absolute Gasteiger partial charge is 0.486 e. The van der Waals surface area contributed by atoms with E-state index in [9.17, 15) is 4.79 Å². The zero-order valence-electron chi connectivity index (χ0n) is 13.9. The number of benzene rings is 1. The van der Waals surface area contributed by atoms with Crippen LogP contribution in [0.5, 0.6) is 11.5 Å². The summed E-state index contributed by atoms with van der Waals surface area (Å²) in [5, 5.41) is 0. The maximum atomic E-state index is 12.4. The van der Waals surface area contributed by atoms with Crippen LogP contribution in [0.1, 0.15) is 18.4 Å². The minimum Gasteiger partial charge on any atom is -0.486 e. The number of carbonyl (C=O) groups is 1. The van der Waals surface area contributed by atoms with Crippen molar-refractivity contribution in [3.63, 3.8) is 0 Å². The Morgan fingerprint density at radius 3 is 2.58 bits per heavy atom. The second-order valence-electron chi connectivity index (χ2n) is 6.58. The summed E-state index contributed by atoms with van der Waals surface area (Å²) >= 11 is 0. The van der Waals surface area contributed by atoms with E-state index in [2.05, 4.69) is 17.0 Å². The van der Waals surface area contributed by atoms with Gasteiger partial charge in [0.25, 0.3) is 5.91 Å². The Balaban J connectivity index is 1.30. The third-order valence-electron chi connectivity index (χ3n) is 4.90. The molecule has 2 fully saturated rings. The standard InChI is InChI=1S/C18H24N2O4/c21-18(16-2-1-9-22-16)20-7-5-19(6-8-20)13-14-3-4-15-17(12-14)24-11-10-23-15/h3-4,12,16H,1-2,5-11,13H2. The van der Waals surface area contributed by atoms with Gasteiger partial charge >= 0.3 is 0 Å². The van der Waals surface area contributed by atoms with Crippen LogP contribution in [-0.2, 0) is 16.1 Å². The number of fused-ring (bicyclic) bond motifs is 1. The van der Waals surface area contributed by atoms with E-state index in [1.165, 1.54) is 5.56 Å². The van der Waals surface area contributed by atoms with Gasteiger partial charge in [-0.25, -0.2) is 0 Å². The molecule has 1 aromatic rings. The molecule has 0 aliphatic carbocycles. The van der Waals surface area contributed by atoms with E-state index in [1.54, 1.807) is 0 Å². The van der Waals surface area contributed by atoms with Gasteiger partial charge in [0.05, 0.1) is 0 Å². The van der Waals surface area contributed by atoms with Crippen molar-refractivity contribution in [2.75, 3.05) is 46.0 Å². The quantitative estimate of drug-likeness (QED) is 0.835. The molecular weight excluding hydrogens is 308 g/mol. The molecule has 24 heavy (non-hydrogen) atoms. The Labute approximate surface area is 142 Å². The Morgan fingerprint density at radius 2 is 1.83 bits per heavy atom.